The Balaban J connectivity index is 0.00000193. The number of anilines is 1. The number of aryl methyl sites for hydroxylation is 1. The van der Waals surface area contributed by atoms with Crippen molar-refractivity contribution < 1.29 is 0 Å². The van der Waals surface area contributed by atoms with Gasteiger partial charge >= 0.3 is 0 Å². The summed E-state index contributed by atoms with van der Waals surface area (Å²) in [7, 11) is 0. The molecular formula is C24H29Cl3N6. The SMILES string of the molecule is Cc1ccc2nc(/C=C\c3ccc(Cl)cc3)nc(N(C(=N)N)C3CCC(N)CC3)c2c1.Cl.Cl. The van der Waals surface area contributed by atoms with Crippen molar-refractivity contribution in [2.24, 2.45) is 11.5 Å². The van der Waals surface area contributed by atoms with E-state index in [0.29, 0.717) is 16.7 Å². The molecule has 6 nitrogen and oxygen atoms in total. The first-order chi connectivity index (χ1) is 14.9. The first-order valence-electron chi connectivity index (χ1n) is 10.5. The van der Waals surface area contributed by atoms with E-state index in [2.05, 4.69) is 6.07 Å². The Morgan fingerprint density at radius 1 is 1.03 bits per heavy atom. The summed E-state index contributed by atoms with van der Waals surface area (Å²) in [5.74, 6) is 1.24. The van der Waals surface area contributed by atoms with Gasteiger partial charge in [-0.2, -0.15) is 0 Å². The van der Waals surface area contributed by atoms with Crippen molar-refractivity contribution in [3.8, 4) is 0 Å². The van der Waals surface area contributed by atoms with Crippen LogP contribution in [-0.2, 0) is 0 Å². The van der Waals surface area contributed by atoms with Crippen LogP contribution in [0.1, 0.15) is 42.6 Å². The molecule has 0 radical (unpaired) electrons. The molecule has 0 unspecified atom stereocenters. The highest BCUT2D eigenvalue weighted by atomic mass is 35.5. The van der Waals surface area contributed by atoms with Crippen LogP contribution in [-0.4, -0.2) is 28.0 Å². The second-order valence-corrected chi connectivity index (χ2v) is 8.57. The lowest BCUT2D eigenvalue weighted by Crippen LogP contribution is -2.48. The van der Waals surface area contributed by atoms with Gasteiger partial charge in [0.05, 0.1) is 5.52 Å². The maximum Gasteiger partial charge on any atom is 0.194 e. The summed E-state index contributed by atoms with van der Waals surface area (Å²) in [6.45, 7) is 2.04. The Bertz CT molecular complexity index is 1120. The van der Waals surface area contributed by atoms with Gasteiger partial charge in [0.2, 0.25) is 0 Å². The lowest BCUT2D eigenvalue weighted by atomic mass is 9.90. The number of nitrogens with two attached hydrogens (primary N) is 2. The van der Waals surface area contributed by atoms with Gasteiger partial charge < -0.3 is 11.5 Å². The third-order valence-electron chi connectivity index (χ3n) is 5.74. The molecule has 9 heteroatoms. The lowest BCUT2D eigenvalue weighted by Gasteiger charge is -2.36. The second kappa shape index (κ2) is 11.7. The molecule has 0 bridgehead atoms. The van der Waals surface area contributed by atoms with Crippen LogP contribution in [0.25, 0.3) is 23.1 Å². The van der Waals surface area contributed by atoms with Crippen molar-refractivity contribution in [3.05, 3.63) is 64.4 Å². The Kier molecular flexibility index (Phi) is 9.49. The molecule has 2 aromatic carbocycles. The number of rotatable bonds is 4. The molecule has 4 rings (SSSR count). The van der Waals surface area contributed by atoms with E-state index in [9.17, 15) is 0 Å². The van der Waals surface area contributed by atoms with E-state index in [4.69, 9.17) is 38.4 Å². The Morgan fingerprint density at radius 3 is 2.33 bits per heavy atom. The van der Waals surface area contributed by atoms with Gasteiger partial charge in [-0.05, 0) is 68.5 Å². The van der Waals surface area contributed by atoms with Crippen LogP contribution >= 0.6 is 36.4 Å². The van der Waals surface area contributed by atoms with E-state index >= 15 is 0 Å². The van der Waals surface area contributed by atoms with Crippen molar-refractivity contribution in [1.82, 2.24) is 9.97 Å². The molecule has 0 amide bonds. The van der Waals surface area contributed by atoms with Gasteiger partial charge in [-0.25, -0.2) is 9.97 Å². The number of halogens is 3. The molecule has 176 valence electrons. The van der Waals surface area contributed by atoms with E-state index in [1.165, 1.54) is 0 Å². The van der Waals surface area contributed by atoms with Crippen LogP contribution < -0.4 is 16.4 Å². The average molecular weight is 508 g/mol. The van der Waals surface area contributed by atoms with Crippen LogP contribution in [0.15, 0.2) is 42.5 Å². The molecule has 3 aromatic rings. The summed E-state index contributed by atoms with van der Waals surface area (Å²) in [4.78, 5) is 11.4. The van der Waals surface area contributed by atoms with E-state index < -0.39 is 0 Å². The molecule has 0 aliphatic heterocycles. The molecule has 1 heterocycles. The predicted molar refractivity (Wildman–Crippen MR) is 144 cm³/mol. The molecule has 1 aliphatic rings. The average Bonchev–Trinajstić information content (AvgIpc) is 2.75. The monoisotopic (exact) mass is 506 g/mol. The summed E-state index contributed by atoms with van der Waals surface area (Å²) in [5.41, 5.74) is 15.1. The first kappa shape index (κ1) is 26.9. The number of nitrogens with zero attached hydrogens (tertiary/aromatic N) is 3. The maximum atomic E-state index is 8.31. The highest BCUT2D eigenvalue weighted by Crippen LogP contribution is 2.31. The standard InChI is InChI=1S/C24H27ClN6.2ClH/c1-15-2-12-21-20(14-15)23(31(24(27)28)19-10-8-18(26)9-11-19)30-22(29-21)13-5-16-3-6-17(25)7-4-16;;/h2-7,12-14,18-19H,8-11,26H2,1H3,(H3,27,28);2*1H/b13-5-;;. The molecule has 1 aliphatic carbocycles. The van der Waals surface area contributed by atoms with Gasteiger partial charge in [-0.15, -0.1) is 24.8 Å². The van der Waals surface area contributed by atoms with Gasteiger partial charge in [0.1, 0.15) is 5.82 Å². The summed E-state index contributed by atoms with van der Waals surface area (Å²) < 4.78 is 0. The minimum Gasteiger partial charge on any atom is -0.370 e. The number of fused-ring (bicyclic) bond motifs is 1. The molecular weight excluding hydrogens is 479 g/mol. The smallest absolute Gasteiger partial charge is 0.194 e. The number of hydrogen-bond donors (Lipinski definition) is 3. The molecule has 0 saturated heterocycles. The molecule has 0 spiro atoms. The van der Waals surface area contributed by atoms with Crippen molar-refractivity contribution >= 4 is 71.2 Å². The summed E-state index contributed by atoms with van der Waals surface area (Å²) in [6.07, 6.45) is 7.43. The van der Waals surface area contributed by atoms with Crippen molar-refractivity contribution in [2.75, 3.05) is 4.90 Å². The minimum absolute atomic E-state index is 0. The molecule has 33 heavy (non-hydrogen) atoms. The first-order valence-corrected chi connectivity index (χ1v) is 10.9. The van der Waals surface area contributed by atoms with Gasteiger partial charge in [0.15, 0.2) is 11.8 Å². The Morgan fingerprint density at radius 2 is 1.70 bits per heavy atom. The van der Waals surface area contributed by atoms with Crippen molar-refractivity contribution in [2.45, 2.75) is 44.7 Å². The Hall–Kier alpha value is -2.38. The Labute approximate surface area is 211 Å². The zero-order valence-electron chi connectivity index (χ0n) is 18.4. The normalized spacial score (nSPS) is 17.9. The molecule has 1 fully saturated rings. The van der Waals surface area contributed by atoms with E-state index in [1.807, 2.05) is 60.4 Å². The summed E-state index contributed by atoms with van der Waals surface area (Å²) in [5, 5.41) is 9.91. The highest BCUT2D eigenvalue weighted by molar-refractivity contribution is 6.30. The zero-order chi connectivity index (χ0) is 22.0. The number of guanidine groups is 1. The second-order valence-electron chi connectivity index (χ2n) is 8.13. The van der Waals surface area contributed by atoms with Gasteiger partial charge in [-0.3, -0.25) is 10.3 Å². The number of nitrogens with one attached hydrogen (secondary N) is 1. The largest absolute Gasteiger partial charge is 0.370 e. The summed E-state index contributed by atoms with van der Waals surface area (Å²) in [6, 6.07) is 14.0. The van der Waals surface area contributed by atoms with E-state index in [-0.39, 0.29) is 42.9 Å². The van der Waals surface area contributed by atoms with E-state index in [1.54, 1.807) is 0 Å². The quantitative estimate of drug-likeness (QED) is 0.316. The summed E-state index contributed by atoms with van der Waals surface area (Å²) >= 11 is 5.98. The number of hydrogen-bond acceptors (Lipinski definition) is 4. The van der Waals surface area contributed by atoms with Crippen LogP contribution in [0.2, 0.25) is 5.02 Å². The van der Waals surface area contributed by atoms with Crippen LogP contribution in [0.5, 0.6) is 0 Å². The third kappa shape index (κ3) is 6.36. The van der Waals surface area contributed by atoms with Crippen molar-refractivity contribution in [3.63, 3.8) is 0 Å². The third-order valence-corrected chi connectivity index (χ3v) is 5.99. The zero-order valence-corrected chi connectivity index (χ0v) is 20.8. The van der Waals surface area contributed by atoms with Gasteiger partial charge in [0.25, 0.3) is 0 Å². The van der Waals surface area contributed by atoms with Crippen molar-refractivity contribution in [1.29, 1.82) is 5.41 Å². The molecule has 0 atom stereocenters. The topological polar surface area (TPSA) is 105 Å². The van der Waals surface area contributed by atoms with Gasteiger partial charge in [0, 0.05) is 22.5 Å². The van der Waals surface area contributed by atoms with E-state index in [0.717, 1.165) is 47.7 Å². The fourth-order valence-corrected chi connectivity index (χ4v) is 4.22. The minimum atomic E-state index is -0.00499. The van der Waals surface area contributed by atoms with Crippen LogP contribution in [0.3, 0.4) is 0 Å². The number of benzene rings is 2. The molecule has 5 N–H and O–H groups in total. The maximum absolute atomic E-state index is 8.31. The molecule has 1 aromatic heterocycles. The van der Waals surface area contributed by atoms with Crippen LogP contribution in [0, 0.1) is 12.3 Å². The highest BCUT2D eigenvalue weighted by Gasteiger charge is 2.28. The fourth-order valence-electron chi connectivity index (χ4n) is 4.09. The predicted octanol–water partition coefficient (Wildman–Crippen LogP) is 5.58. The fraction of sp³-hybridized carbons (Fsp3) is 0.292. The number of aromatic nitrogens is 2. The van der Waals surface area contributed by atoms with Crippen LogP contribution in [0.4, 0.5) is 5.82 Å². The van der Waals surface area contributed by atoms with Gasteiger partial charge in [-0.1, -0.05) is 41.4 Å². The molecule has 1 saturated carbocycles. The lowest BCUT2D eigenvalue weighted by molar-refractivity contribution is 0.393.